The number of likely N-dealkylation sites (tertiary alicyclic amines) is 2. The molecular weight excluding hydrogens is 220 g/mol. The van der Waals surface area contributed by atoms with E-state index in [0.29, 0.717) is 0 Å². The van der Waals surface area contributed by atoms with Crippen LogP contribution in [0, 0.1) is 0 Å². The first-order chi connectivity index (χ1) is 8.11. The topological polar surface area (TPSA) is 6.48 Å². The lowest BCUT2D eigenvalue weighted by atomic mass is 10.1. The standard InChI is InChI=1S/C8H17N.C7H15N.CH4/c1-8(2)9-6-4-3-5-7-9;1-7(2)8-5-3-4-6-8;/h8H,3-7H2,1-2H3;7H,3-6H2,1-2H3;1H4. The van der Waals surface area contributed by atoms with E-state index in [-0.39, 0.29) is 7.43 Å². The fourth-order valence-electron chi connectivity index (χ4n) is 2.69. The van der Waals surface area contributed by atoms with Crippen LogP contribution in [0.15, 0.2) is 0 Å². The van der Waals surface area contributed by atoms with Crippen LogP contribution in [0.2, 0.25) is 0 Å². The van der Waals surface area contributed by atoms with Gasteiger partial charge in [-0.3, -0.25) is 0 Å². The Kier molecular flexibility index (Phi) is 9.76. The molecule has 0 aromatic carbocycles. The summed E-state index contributed by atoms with van der Waals surface area (Å²) < 4.78 is 0. The third-order valence-corrected chi connectivity index (χ3v) is 3.99. The molecule has 2 fully saturated rings. The Morgan fingerprint density at radius 2 is 0.833 bits per heavy atom. The Bertz CT molecular complexity index is 178. The smallest absolute Gasteiger partial charge is 0.00385 e. The molecule has 0 amide bonds. The van der Waals surface area contributed by atoms with Gasteiger partial charge >= 0.3 is 0 Å². The van der Waals surface area contributed by atoms with Gasteiger partial charge in [0.05, 0.1) is 0 Å². The fraction of sp³-hybridized carbons (Fsp3) is 1.00. The zero-order chi connectivity index (χ0) is 12.7. The van der Waals surface area contributed by atoms with Crippen LogP contribution in [0.1, 0.15) is 67.2 Å². The second-order valence-corrected chi connectivity index (χ2v) is 6.03. The van der Waals surface area contributed by atoms with Crippen molar-refractivity contribution < 1.29 is 0 Å². The van der Waals surface area contributed by atoms with Crippen molar-refractivity contribution in [3.8, 4) is 0 Å². The van der Waals surface area contributed by atoms with Crippen molar-refractivity contribution in [3.05, 3.63) is 0 Å². The van der Waals surface area contributed by atoms with Crippen molar-refractivity contribution in [2.45, 2.75) is 79.3 Å². The third kappa shape index (κ3) is 6.75. The van der Waals surface area contributed by atoms with E-state index in [4.69, 9.17) is 0 Å². The summed E-state index contributed by atoms with van der Waals surface area (Å²) in [6.45, 7) is 14.4. The first-order valence-corrected chi connectivity index (χ1v) is 7.59. The Balaban J connectivity index is 0.000000306. The minimum absolute atomic E-state index is 0. The molecule has 0 N–H and O–H groups in total. The van der Waals surface area contributed by atoms with Gasteiger partial charge in [-0.25, -0.2) is 0 Å². The van der Waals surface area contributed by atoms with E-state index < -0.39 is 0 Å². The van der Waals surface area contributed by atoms with Crippen molar-refractivity contribution in [1.29, 1.82) is 0 Å². The molecule has 2 nitrogen and oxygen atoms in total. The summed E-state index contributed by atoms with van der Waals surface area (Å²) in [5, 5.41) is 0. The Morgan fingerprint density at radius 1 is 0.556 bits per heavy atom. The van der Waals surface area contributed by atoms with Crippen molar-refractivity contribution in [3.63, 3.8) is 0 Å². The maximum atomic E-state index is 2.56. The molecule has 2 saturated heterocycles. The molecule has 2 heteroatoms. The van der Waals surface area contributed by atoms with E-state index >= 15 is 0 Å². The number of rotatable bonds is 2. The van der Waals surface area contributed by atoms with Crippen molar-refractivity contribution in [2.24, 2.45) is 0 Å². The van der Waals surface area contributed by atoms with Crippen LogP contribution in [0.4, 0.5) is 0 Å². The molecule has 2 heterocycles. The minimum Gasteiger partial charge on any atom is -0.301 e. The highest BCUT2D eigenvalue weighted by Crippen LogP contribution is 2.11. The number of nitrogens with zero attached hydrogens (tertiary/aromatic N) is 2. The molecule has 0 aromatic heterocycles. The molecule has 110 valence electrons. The molecule has 2 rings (SSSR count). The summed E-state index contributed by atoms with van der Waals surface area (Å²) in [7, 11) is 0. The second kappa shape index (κ2) is 9.80. The van der Waals surface area contributed by atoms with Gasteiger partial charge in [0, 0.05) is 12.1 Å². The summed E-state index contributed by atoms with van der Waals surface area (Å²) in [6, 6.07) is 1.54. The first-order valence-electron chi connectivity index (χ1n) is 7.59. The highest BCUT2D eigenvalue weighted by molar-refractivity contribution is 4.69. The zero-order valence-corrected chi connectivity index (χ0v) is 12.4. The van der Waals surface area contributed by atoms with Crippen molar-refractivity contribution in [1.82, 2.24) is 9.80 Å². The third-order valence-electron chi connectivity index (χ3n) is 3.99. The lowest BCUT2D eigenvalue weighted by Gasteiger charge is -2.29. The predicted octanol–water partition coefficient (Wildman–Crippen LogP) is 4.01. The molecule has 0 bridgehead atoms. The van der Waals surface area contributed by atoms with Crippen molar-refractivity contribution >= 4 is 0 Å². The quantitative estimate of drug-likeness (QED) is 0.736. The molecule has 0 radical (unpaired) electrons. The summed E-state index contributed by atoms with van der Waals surface area (Å²) >= 11 is 0. The monoisotopic (exact) mass is 256 g/mol. The highest BCUT2D eigenvalue weighted by Gasteiger charge is 2.13. The van der Waals surface area contributed by atoms with Crippen molar-refractivity contribution in [2.75, 3.05) is 26.2 Å². The van der Waals surface area contributed by atoms with Crippen LogP contribution >= 0.6 is 0 Å². The predicted molar refractivity (Wildman–Crippen MR) is 83.2 cm³/mol. The Hall–Kier alpha value is -0.0800. The Morgan fingerprint density at radius 3 is 1.06 bits per heavy atom. The number of hydrogen-bond donors (Lipinski definition) is 0. The normalized spacial score (nSPS) is 21.7. The second-order valence-electron chi connectivity index (χ2n) is 6.03. The van der Waals surface area contributed by atoms with Gasteiger partial charge < -0.3 is 9.80 Å². The molecule has 0 aliphatic carbocycles. The van der Waals surface area contributed by atoms with Crippen LogP contribution in [0.3, 0.4) is 0 Å². The molecule has 18 heavy (non-hydrogen) atoms. The van der Waals surface area contributed by atoms with Crippen LogP contribution in [-0.2, 0) is 0 Å². The Labute approximate surface area is 116 Å². The van der Waals surface area contributed by atoms with E-state index in [1.165, 1.54) is 58.3 Å². The molecule has 0 saturated carbocycles. The van der Waals surface area contributed by atoms with Gasteiger partial charge in [0.25, 0.3) is 0 Å². The van der Waals surface area contributed by atoms with Gasteiger partial charge in [0.2, 0.25) is 0 Å². The van der Waals surface area contributed by atoms with E-state index in [1.54, 1.807) is 0 Å². The van der Waals surface area contributed by atoms with Crippen LogP contribution in [0.5, 0.6) is 0 Å². The van der Waals surface area contributed by atoms with Gasteiger partial charge in [-0.15, -0.1) is 0 Å². The van der Waals surface area contributed by atoms with Crippen LogP contribution in [0.25, 0.3) is 0 Å². The SMILES string of the molecule is C.CC(C)N1CCCC1.CC(C)N1CCCCC1. The van der Waals surface area contributed by atoms with E-state index in [9.17, 15) is 0 Å². The van der Waals surface area contributed by atoms with Gasteiger partial charge in [-0.05, 0) is 79.6 Å². The number of hydrogen-bond acceptors (Lipinski definition) is 2. The average molecular weight is 256 g/mol. The van der Waals surface area contributed by atoms with Gasteiger partial charge in [0.1, 0.15) is 0 Å². The molecular formula is C16H36N2. The highest BCUT2D eigenvalue weighted by atomic mass is 15.2. The first kappa shape index (κ1) is 17.9. The van der Waals surface area contributed by atoms with Gasteiger partial charge in [0.15, 0.2) is 0 Å². The maximum Gasteiger partial charge on any atom is 0.00385 e. The molecule has 0 aromatic rings. The minimum atomic E-state index is 0. The van der Waals surface area contributed by atoms with Crippen LogP contribution in [-0.4, -0.2) is 48.1 Å². The summed E-state index contributed by atoms with van der Waals surface area (Å²) in [4.78, 5) is 5.09. The van der Waals surface area contributed by atoms with Gasteiger partial charge in [-0.1, -0.05) is 13.8 Å². The summed E-state index contributed by atoms with van der Waals surface area (Å²) in [5.41, 5.74) is 0. The van der Waals surface area contributed by atoms with E-state index in [1.807, 2.05) is 0 Å². The maximum absolute atomic E-state index is 2.56. The van der Waals surface area contributed by atoms with E-state index in [0.717, 1.165) is 12.1 Å². The van der Waals surface area contributed by atoms with Gasteiger partial charge in [-0.2, -0.15) is 0 Å². The molecule has 0 spiro atoms. The van der Waals surface area contributed by atoms with E-state index in [2.05, 4.69) is 37.5 Å². The molecule has 0 atom stereocenters. The number of piperidine rings is 1. The fourth-order valence-corrected chi connectivity index (χ4v) is 2.69. The largest absolute Gasteiger partial charge is 0.301 e. The zero-order valence-electron chi connectivity index (χ0n) is 12.4. The lowest BCUT2D eigenvalue weighted by Crippen LogP contribution is -2.35. The summed E-state index contributed by atoms with van der Waals surface area (Å²) in [5.74, 6) is 0. The summed E-state index contributed by atoms with van der Waals surface area (Å²) in [6.07, 6.45) is 7.11. The molecule has 0 unspecified atom stereocenters. The molecule has 2 aliphatic heterocycles. The average Bonchev–Trinajstić information content (AvgIpc) is 2.84. The molecule has 2 aliphatic rings. The lowest BCUT2D eigenvalue weighted by molar-refractivity contribution is 0.185. The van der Waals surface area contributed by atoms with Crippen LogP contribution < -0.4 is 0 Å².